The van der Waals surface area contributed by atoms with Crippen LogP contribution in [0.25, 0.3) is 5.70 Å². The van der Waals surface area contributed by atoms with E-state index in [1.54, 1.807) is 0 Å². The molecule has 0 amide bonds. The first-order valence-corrected chi connectivity index (χ1v) is 4.87. The van der Waals surface area contributed by atoms with E-state index in [0.29, 0.717) is 0 Å². The summed E-state index contributed by atoms with van der Waals surface area (Å²) in [5.41, 5.74) is 4.10. The smallest absolute Gasteiger partial charge is 0.0488 e. The zero-order valence-electron chi connectivity index (χ0n) is 7.85. The Labute approximate surface area is 83.3 Å². The van der Waals surface area contributed by atoms with Crippen LogP contribution in [0.5, 0.6) is 0 Å². The summed E-state index contributed by atoms with van der Waals surface area (Å²) in [6.45, 7) is 0. The van der Waals surface area contributed by atoms with E-state index in [0.717, 1.165) is 6.42 Å². The maximum Gasteiger partial charge on any atom is 0.0488 e. The molecule has 0 atom stereocenters. The van der Waals surface area contributed by atoms with Crippen LogP contribution < -0.4 is 0 Å². The van der Waals surface area contributed by atoms with Gasteiger partial charge in [-0.2, -0.15) is 0 Å². The Morgan fingerprint density at radius 3 is 2.57 bits per heavy atom. The molecule has 0 unspecified atom stereocenters. The number of hydrogen-bond donors (Lipinski definition) is 0. The molecule has 0 bridgehead atoms. The average Bonchev–Trinajstić information content (AvgIpc) is 2.85. The van der Waals surface area contributed by atoms with E-state index >= 15 is 0 Å². The third kappa shape index (κ3) is 1.02. The van der Waals surface area contributed by atoms with Crippen LogP contribution in [0.2, 0.25) is 0 Å². The van der Waals surface area contributed by atoms with Crippen LogP contribution >= 0.6 is 0 Å². The van der Waals surface area contributed by atoms with Gasteiger partial charge >= 0.3 is 0 Å². The predicted octanol–water partition coefficient (Wildman–Crippen LogP) is 2.93. The number of benzene rings is 1. The van der Waals surface area contributed by atoms with Crippen molar-refractivity contribution in [2.75, 3.05) is 0 Å². The molecule has 0 fully saturated rings. The van der Waals surface area contributed by atoms with Crippen molar-refractivity contribution in [3.8, 4) is 0 Å². The van der Waals surface area contributed by atoms with Crippen LogP contribution in [0.3, 0.4) is 0 Å². The van der Waals surface area contributed by atoms with Crippen LogP contribution in [0.4, 0.5) is 0 Å². The van der Waals surface area contributed by atoms with Gasteiger partial charge in [0.1, 0.15) is 0 Å². The molecule has 0 spiro atoms. The maximum atomic E-state index is 2.28. The average molecular weight is 181 g/mol. The van der Waals surface area contributed by atoms with E-state index < -0.39 is 0 Å². The van der Waals surface area contributed by atoms with Gasteiger partial charge < -0.3 is 4.57 Å². The van der Waals surface area contributed by atoms with Gasteiger partial charge in [-0.05, 0) is 24.1 Å². The highest BCUT2D eigenvalue weighted by molar-refractivity contribution is 5.73. The Morgan fingerprint density at radius 2 is 1.71 bits per heavy atom. The zero-order valence-corrected chi connectivity index (χ0v) is 7.85. The van der Waals surface area contributed by atoms with Gasteiger partial charge in [0.15, 0.2) is 0 Å². The molecular weight excluding hydrogens is 170 g/mol. The second kappa shape index (κ2) is 2.88. The summed E-state index contributed by atoms with van der Waals surface area (Å²) < 4.78 is 2.17. The minimum absolute atomic E-state index is 1.06. The highest BCUT2D eigenvalue weighted by Gasteiger charge is 2.13. The fourth-order valence-corrected chi connectivity index (χ4v) is 2.00. The molecule has 14 heavy (non-hydrogen) atoms. The third-order valence-electron chi connectivity index (χ3n) is 2.69. The van der Waals surface area contributed by atoms with E-state index in [1.165, 1.54) is 16.8 Å². The standard InChI is InChI=1S/C13H11N/c1-2-6-12-11(5-1)7-8-13(12)14-9-3-4-10-14/h1-6,8-10H,7H2. The number of allylic oxidation sites excluding steroid dienone is 1. The van der Waals surface area contributed by atoms with Crippen LogP contribution in [0.15, 0.2) is 54.9 Å². The van der Waals surface area contributed by atoms with Gasteiger partial charge in [-0.15, -0.1) is 0 Å². The Morgan fingerprint density at radius 1 is 0.929 bits per heavy atom. The fourth-order valence-electron chi connectivity index (χ4n) is 2.00. The lowest BCUT2D eigenvalue weighted by molar-refractivity contribution is 1.12. The van der Waals surface area contributed by atoms with Gasteiger partial charge in [0.25, 0.3) is 0 Å². The normalized spacial score (nSPS) is 13.9. The highest BCUT2D eigenvalue weighted by atomic mass is 15.0. The Balaban J connectivity index is 2.14. The summed E-state index contributed by atoms with van der Waals surface area (Å²) in [5.74, 6) is 0. The monoisotopic (exact) mass is 181 g/mol. The molecule has 0 saturated heterocycles. The number of nitrogens with zero attached hydrogens (tertiary/aromatic N) is 1. The molecule has 1 heteroatoms. The lowest BCUT2D eigenvalue weighted by Crippen LogP contribution is -1.93. The quantitative estimate of drug-likeness (QED) is 0.637. The van der Waals surface area contributed by atoms with Crippen LogP contribution in [0, 0.1) is 0 Å². The summed E-state index contributed by atoms with van der Waals surface area (Å²) in [6, 6.07) is 12.7. The molecule has 0 radical (unpaired) electrons. The number of aromatic nitrogens is 1. The summed E-state index contributed by atoms with van der Waals surface area (Å²) in [4.78, 5) is 0. The lowest BCUT2D eigenvalue weighted by atomic mass is 10.1. The molecule has 1 heterocycles. The predicted molar refractivity (Wildman–Crippen MR) is 58.0 cm³/mol. The fraction of sp³-hybridized carbons (Fsp3) is 0.0769. The first-order valence-electron chi connectivity index (χ1n) is 4.87. The van der Waals surface area contributed by atoms with Gasteiger partial charge in [0, 0.05) is 23.7 Å². The van der Waals surface area contributed by atoms with Crippen molar-refractivity contribution in [3.63, 3.8) is 0 Å². The molecule has 2 aromatic rings. The topological polar surface area (TPSA) is 4.93 Å². The lowest BCUT2D eigenvalue weighted by Gasteiger charge is -2.06. The first kappa shape index (κ1) is 7.63. The molecule has 68 valence electrons. The summed E-state index contributed by atoms with van der Waals surface area (Å²) in [5, 5.41) is 0. The second-order valence-corrected chi connectivity index (χ2v) is 3.54. The van der Waals surface area contributed by atoms with E-state index in [9.17, 15) is 0 Å². The van der Waals surface area contributed by atoms with Gasteiger partial charge in [0.2, 0.25) is 0 Å². The zero-order chi connectivity index (χ0) is 9.38. The van der Waals surface area contributed by atoms with Crippen molar-refractivity contribution in [3.05, 3.63) is 66.0 Å². The number of hydrogen-bond acceptors (Lipinski definition) is 0. The molecule has 0 saturated carbocycles. The minimum atomic E-state index is 1.06. The van der Waals surface area contributed by atoms with Crippen molar-refractivity contribution < 1.29 is 0 Å². The highest BCUT2D eigenvalue weighted by Crippen LogP contribution is 2.28. The van der Waals surface area contributed by atoms with Crippen molar-refractivity contribution >= 4 is 5.70 Å². The van der Waals surface area contributed by atoms with Gasteiger partial charge in [-0.25, -0.2) is 0 Å². The van der Waals surface area contributed by atoms with E-state index in [-0.39, 0.29) is 0 Å². The third-order valence-corrected chi connectivity index (χ3v) is 2.69. The Hall–Kier alpha value is -1.76. The SMILES string of the molecule is C1=C(n2cccc2)c2ccccc2C1. The van der Waals surface area contributed by atoms with E-state index in [4.69, 9.17) is 0 Å². The van der Waals surface area contributed by atoms with Crippen molar-refractivity contribution in [2.45, 2.75) is 6.42 Å². The van der Waals surface area contributed by atoms with Gasteiger partial charge in [-0.1, -0.05) is 30.3 Å². The van der Waals surface area contributed by atoms with Crippen LogP contribution in [0.1, 0.15) is 11.1 Å². The molecule has 1 nitrogen and oxygen atoms in total. The molecule has 0 N–H and O–H groups in total. The summed E-state index contributed by atoms with van der Waals surface area (Å²) in [6.07, 6.45) is 7.52. The molecule has 1 aromatic heterocycles. The minimum Gasteiger partial charge on any atom is -0.324 e. The largest absolute Gasteiger partial charge is 0.324 e. The molecule has 1 aromatic carbocycles. The van der Waals surface area contributed by atoms with E-state index in [1.807, 2.05) is 0 Å². The van der Waals surface area contributed by atoms with Gasteiger partial charge in [-0.3, -0.25) is 0 Å². The second-order valence-electron chi connectivity index (χ2n) is 3.54. The first-order chi connectivity index (χ1) is 6.95. The number of fused-ring (bicyclic) bond motifs is 1. The van der Waals surface area contributed by atoms with Crippen molar-refractivity contribution in [1.82, 2.24) is 4.57 Å². The Bertz CT molecular complexity index is 478. The molecule has 0 aliphatic heterocycles. The van der Waals surface area contributed by atoms with Gasteiger partial charge in [0.05, 0.1) is 0 Å². The van der Waals surface area contributed by atoms with Crippen LogP contribution in [-0.2, 0) is 6.42 Å². The molecule has 1 aliphatic rings. The van der Waals surface area contributed by atoms with E-state index in [2.05, 4.69) is 59.4 Å². The summed E-state index contributed by atoms with van der Waals surface area (Å²) >= 11 is 0. The summed E-state index contributed by atoms with van der Waals surface area (Å²) in [7, 11) is 0. The van der Waals surface area contributed by atoms with Crippen LogP contribution in [-0.4, -0.2) is 4.57 Å². The molecule has 3 rings (SSSR count). The van der Waals surface area contributed by atoms with Crippen molar-refractivity contribution in [1.29, 1.82) is 0 Å². The molecule has 1 aliphatic carbocycles. The Kier molecular flexibility index (Phi) is 1.57. The number of rotatable bonds is 1. The maximum absolute atomic E-state index is 2.28. The molecular formula is C13H11N. The van der Waals surface area contributed by atoms with Crippen molar-refractivity contribution in [2.24, 2.45) is 0 Å².